The van der Waals surface area contributed by atoms with Crippen LogP contribution in [0.25, 0.3) is 0 Å². The highest BCUT2D eigenvalue weighted by Crippen LogP contribution is 1.96. The van der Waals surface area contributed by atoms with E-state index in [2.05, 4.69) is 16.0 Å². The van der Waals surface area contributed by atoms with E-state index in [9.17, 15) is 24.0 Å². The Morgan fingerprint density at radius 2 is 1.50 bits per heavy atom. The van der Waals surface area contributed by atoms with Crippen LogP contribution in [0.2, 0.25) is 0 Å². The first-order chi connectivity index (χ1) is 13.2. The minimum absolute atomic E-state index is 0.0588. The first-order valence-corrected chi connectivity index (χ1v) is 9.32. The average molecular weight is 400 g/mol. The highest BCUT2D eigenvalue weighted by atomic mass is 16.5. The Morgan fingerprint density at radius 3 is 2.00 bits per heavy atom. The molecule has 0 aromatic carbocycles. The Labute approximate surface area is 165 Å². The van der Waals surface area contributed by atoms with Crippen molar-refractivity contribution in [3.05, 3.63) is 0 Å². The van der Waals surface area contributed by atoms with E-state index in [1.165, 1.54) is 18.7 Å². The number of carbonyl (C=O) groups excluding carboxylic acids is 5. The minimum atomic E-state index is -1.06. The summed E-state index contributed by atoms with van der Waals surface area (Å²) in [6, 6.07) is -1.06. The molecule has 0 aromatic heterocycles. The third-order valence-corrected chi connectivity index (χ3v) is 3.42. The Bertz CT molecular complexity index is 536. The SMILES string of the molecule is CCNC(=O)C(CC(=O)NCCOCC)NC(=O)CN(CC(C)=O)CC(C)=O. The van der Waals surface area contributed by atoms with Gasteiger partial charge in [0, 0.05) is 19.7 Å². The van der Waals surface area contributed by atoms with Crippen LogP contribution in [0.15, 0.2) is 0 Å². The summed E-state index contributed by atoms with van der Waals surface area (Å²) >= 11 is 0. The van der Waals surface area contributed by atoms with E-state index in [0.29, 0.717) is 26.3 Å². The molecule has 0 saturated carbocycles. The lowest BCUT2D eigenvalue weighted by Crippen LogP contribution is -2.52. The number of carbonyl (C=O) groups is 5. The van der Waals surface area contributed by atoms with E-state index in [1.807, 2.05) is 6.92 Å². The summed E-state index contributed by atoms with van der Waals surface area (Å²) < 4.78 is 5.12. The molecule has 3 N–H and O–H groups in total. The normalized spacial score (nSPS) is 11.6. The molecule has 0 aliphatic heterocycles. The molecule has 10 nitrogen and oxygen atoms in total. The van der Waals surface area contributed by atoms with Crippen molar-refractivity contribution in [3.8, 4) is 0 Å². The summed E-state index contributed by atoms with van der Waals surface area (Å²) in [7, 11) is 0. The van der Waals surface area contributed by atoms with E-state index < -0.39 is 23.8 Å². The van der Waals surface area contributed by atoms with Gasteiger partial charge in [-0.05, 0) is 27.7 Å². The molecule has 0 bridgehead atoms. The van der Waals surface area contributed by atoms with Gasteiger partial charge in [-0.1, -0.05) is 0 Å². The number of amides is 3. The highest BCUT2D eigenvalue weighted by Gasteiger charge is 2.24. The summed E-state index contributed by atoms with van der Waals surface area (Å²) in [6.07, 6.45) is -0.233. The third-order valence-electron chi connectivity index (χ3n) is 3.42. The van der Waals surface area contributed by atoms with Gasteiger partial charge < -0.3 is 20.7 Å². The molecule has 0 rings (SSSR count). The average Bonchev–Trinajstić information content (AvgIpc) is 2.57. The molecule has 0 radical (unpaired) electrons. The first kappa shape index (κ1) is 25.7. The number of ketones is 2. The minimum Gasteiger partial charge on any atom is -0.380 e. The predicted molar refractivity (Wildman–Crippen MR) is 103 cm³/mol. The molecule has 0 aliphatic carbocycles. The van der Waals surface area contributed by atoms with Crippen molar-refractivity contribution in [1.82, 2.24) is 20.9 Å². The van der Waals surface area contributed by atoms with Gasteiger partial charge in [-0.2, -0.15) is 0 Å². The van der Waals surface area contributed by atoms with Crippen LogP contribution < -0.4 is 16.0 Å². The van der Waals surface area contributed by atoms with Gasteiger partial charge in [0.25, 0.3) is 0 Å². The van der Waals surface area contributed by atoms with Crippen molar-refractivity contribution < 1.29 is 28.7 Å². The number of hydrogen-bond acceptors (Lipinski definition) is 7. The van der Waals surface area contributed by atoms with Gasteiger partial charge >= 0.3 is 0 Å². The fourth-order valence-corrected chi connectivity index (χ4v) is 2.41. The fraction of sp³-hybridized carbons (Fsp3) is 0.722. The van der Waals surface area contributed by atoms with E-state index in [-0.39, 0.29) is 37.6 Å². The monoisotopic (exact) mass is 400 g/mol. The molecule has 3 amide bonds. The van der Waals surface area contributed by atoms with Gasteiger partial charge in [0.1, 0.15) is 17.6 Å². The molecule has 10 heteroatoms. The maximum absolute atomic E-state index is 12.3. The zero-order valence-corrected chi connectivity index (χ0v) is 17.1. The van der Waals surface area contributed by atoms with Crippen molar-refractivity contribution in [3.63, 3.8) is 0 Å². The maximum Gasteiger partial charge on any atom is 0.243 e. The molecule has 0 fully saturated rings. The van der Waals surface area contributed by atoms with E-state index in [0.717, 1.165) is 0 Å². The van der Waals surface area contributed by atoms with Crippen molar-refractivity contribution >= 4 is 29.3 Å². The van der Waals surface area contributed by atoms with E-state index in [4.69, 9.17) is 4.74 Å². The number of nitrogens with zero attached hydrogens (tertiary/aromatic N) is 1. The Hall–Kier alpha value is -2.33. The maximum atomic E-state index is 12.3. The van der Waals surface area contributed by atoms with Gasteiger partial charge in [-0.15, -0.1) is 0 Å². The summed E-state index contributed by atoms with van der Waals surface area (Å²) in [6.45, 7) is 7.45. The third kappa shape index (κ3) is 12.9. The second kappa shape index (κ2) is 14.7. The lowest BCUT2D eigenvalue weighted by Gasteiger charge is -2.22. The number of ether oxygens (including phenoxy) is 1. The molecule has 1 unspecified atom stereocenters. The van der Waals surface area contributed by atoms with Crippen molar-refractivity contribution in [2.75, 3.05) is 45.9 Å². The number of nitrogens with one attached hydrogen (secondary N) is 3. The number of rotatable bonds is 15. The van der Waals surface area contributed by atoms with Crippen LogP contribution in [0, 0.1) is 0 Å². The Balaban J connectivity index is 4.84. The van der Waals surface area contributed by atoms with Crippen LogP contribution in [-0.4, -0.2) is 86.2 Å². The Kier molecular flexibility index (Phi) is 13.5. The van der Waals surface area contributed by atoms with Crippen LogP contribution in [0.1, 0.15) is 34.1 Å². The largest absolute Gasteiger partial charge is 0.380 e. The van der Waals surface area contributed by atoms with Crippen molar-refractivity contribution in [1.29, 1.82) is 0 Å². The lowest BCUT2D eigenvalue weighted by atomic mass is 10.1. The smallest absolute Gasteiger partial charge is 0.243 e. The summed E-state index contributed by atoms with van der Waals surface area (Å²) in [5.41, 5.74) is 0. The van der Waals surface area contributed by atoms with E-state index in [1.54, 1.807) is 6.92 Å². The number of hydrogen-bond donors (Lipinski definition) is 3. The van der Waals surface area contributed by atoms with Crippen LogP contribution in [-0.2, 0) is 28.7 Å². The molecule has 0 aromatic rings. The van der Waals surface area contributed by atoms with Gasteiger partial charge in [-0.25, -0.2) is 0 Å². The van der Waals surface area contributed by atoms with Gasteiger partial charge in [-0.3, -0.25) is 28.9 Å². The zero-order chi connectivity index (χ0) is 21.5. The molecule has 28 heavy (non-hydrogen) atoms. The second-order valence-corrected chi connectivity index (χ2v) is 6.31. The molecule has 160 valence electrons. The molecule has 0 saturated heterocycles. The van der Waals surface area contributed by atoms with Crippen LogP contribution in [0.5, 0.6) is 0 Å². The van der Waals surface area contributed by atoms with Crippen LogP contribution in [0.4, 0.5) is 0 Å². The second-order valence-electron chi connectivity index (χ2n) is 6.31. The fourth-order valence-electron chi connectivity index (χ4n) is 2.41. The highest BCUT2D eigenvalue weighted by molar-refractivity contribution is 5.92. The summed E-state index contributed by atoms with van der Waals surface area (Å²) in [4.78, 5) is 60.5. The van der Waals surface area contributed by atoms with Crippen molar-refractivity contribution in [2.45, 2.75) is 40.2 Å². The van der Waals surface area contributed by atoms with Crippen LogP contribution in [0.3, 0.4) is 0 Å². The predicted octanol–water partition coefficient (Wildman–Crippen LogP) is -1.37. The topological polar surface area (TPSA) is 134 Å². The molecular formula is C18H32N4O6. The molecule has 0 heterocycles. The summed E-state index contributed by atoms with van der Waals surface area (Å²) in [5.74, 6) is -1.83. The standard InChI is InChI=1S/C18H32N4O6/c1-5-19-18(27)15(9-16(25)20-7-8-28-6-2)21-17(26)12-22(10-13(3)23)11-14(4)24/h15H,5-12H2,1-4H3,(H,19,27)(H,20,25)(H,21,26). The molecular weight excluding hydrogens is 368 g/mol. The van der Waals surface area contributed by atoms with Gasteiger partial charge in [0.2, 0.25) is 17.7 Å². The number of Topliss-reactive ketones (excluding diaryl/α,β-unsaturated/α-hetero) is 2. The van der Waals surface area contributed by atoms with Gasteiger partial charge in [0.05, 0.1) is 32.7 Å². The first-order valence-electron chi connectivity index (χ1n) is 9.32. The quantitative estimate of drug-likeness (QED) is 0.289. The molecule has 1 atom stereocenters. The number of likely N-dealkylation sites (N-methyl/N-ethyl adjacent to an activating group) is 1. The zero-order valence-electron chi connectivity index (χ0n) is 17.1. The molecule has 0 aliphatic rings. The van der Waals surface area contributed by atoms with Gasteiger partial charge in [0.15, 0.2) is 0 Å². The van der Waals surface area contributed by atoms with Crippen molar-refractivity contribution in [2.24, 2.45) is 0 Å². The van der Waals surface area contributed by atoms with E-state index >= 15 is 0 Å². The Morgan fingerprint density at radius 1 is 0.893 bits per heavy atom. The van der Waals surface area contributed by atoms with Crippen LogP contribution >= 0.6 is 0 Å². The lowest BCUT2D eigenvalue weighted by molar-refractivity contribution is -0.132. The summed E-state index contributed by atoms with van der Waals surface area (Å²) in [5, 5.41) is 7.69. The molecule has 0 spiro atoms.